The molecular formula is C24H31Cl2N3O4S. The third-order valence-electron chi connectivity index (χ3n) is 5.63. The number of hydrogen-bond acceptors (Lipinski definition) is 4. The van der Waals surface area contributed by atoms with Crippen molar-refractivity contribution in [2.75, 3.05) is 17.1 Å². The van der Waals surface area contributed by atoms with E-state index in [9.17, 15) is 18.0 Å². The zero-order valence-electron chi connectivity index (χ0n) is 20.0. The molecule has 0 heterocycles. The molecule has 34 heavy (non-hydrogen) atoms. The van der Waals surface area contributed by atoms with E-state index in [1.807, 2.05) is 45.0 Å². The molecule has 0 spiro atoms. The van der Waals surface area contributed by atoms with Crippen molar-refractivity contribution in [2.45, 2.75) is 52.7 Å². The first-order valence-electron chi connectivity index (χ1n) is 10.9. The van der Waals surface area contributed by atoms with E-state index in [1.54, 1.807) is 6.92 Å². The van der Waals surface area contributed by atoms with Crippen molar-refractivity contribution >= 4 is 50.7 Å². The fraction of sp³-hybridized carbons (Fsp3) is 0.417. The van der Waals surface area contributed by atoms with Gasteiger partial charge < -0.3 is 10.2 Å². The highest BCUT2D eigenvalue weighted by atomic mass is 35.5. The van der Waals surface area contributed by atoms with Gasteiger partial charge in [-0.2, -0.15) is 0 Å². The maximum atomic E-state index is 13.5. The second-order valence-electron chi connectivity index (χ2n) is 8.31. The van der Waals surface area contributed by atoms with Crippen molar-refractivity contribution in [2.24, 2.45) is 0 Å². The van der Waals surface area contributed by atoms with Gasteiger partial charge in [0.05, 0.1) is 17.0 Å². The van der Waals surface area contributed by atoms with E-state index in [2.05, 4.69) is 5.32 Å². The predicted octanol–water partition coefficient (Wildman–Crippen LogP) is 4.40. The van der Waals surface area contributed by atoms with Crippen LogP contribution in [0.4, 0.5) is 5.69 Å². The van der Waals surface area contributed by atoms with E-state index in [4.69, 9.17) is 23.2 Å². The van der Waals surface area contributed by atoms with E-state index in [0.717, 1.165) is 28.1 Å². The lowest BCUT2D eigenvalue weighted by Crippen LogP contribution is -2.52. The summed E-state index contributed by atoms with van der Waals surface area (Å²) in [6.45, 7) is 7.00. The number of rotatable bonds is 10. The van der Waals surface area contributed by atoms with E-state index in [0.29, 0.717) is 5.02 Å². The maximum absolute atomic E-state index is 13.5. The van der Waals surface area contributed by atoms with Crippen LogP contribution in [0.5, 0.6) is 0 Å². The number of hydrogen-bond donors (Lipinski definition) is 1. The minimum atomic E-state index is -3.87. The summed E-state index contributed by atoms with van der Waals surface area (Å²) in [5.41, 5.74) is 1.94. The van der Waals surface area contributed by atoms with E-state index in [-0.39, 0.29) is 29.2 Å². The molecule has 0 unspecified atom stereocenters. The minimum Gasteiger partial charge on any atom is -0.352 e. The summed E-state index contributed by atoms with van der Waals surface area (Å²) in [6, 6.07) is 11.0. The quantitative estimate of drug-likeness (QED) is 0.495. The molecule has 1 N–H and O–H groups in total. The molecule has 2 atom stereocenters. The van der Waals surface area contributed by atoms with Gasteiger partial charge in [0.25, 0.3) is 0 Å². The minimum absolute atomic E-state index is 0.0641. The van der Waals surface area contributed by atoms with Crippen molar-refractivity contribution in [3.05, 3.63) is 63.6 Å². The Bertz CT molecular complexity index is 1140. The summed E-state index contributed by atoms with van der Waals surface area (Å²) in [5.74, 6) is -0.849. The number of amides is 2. The smallest absolute Gasteiger partial charge is 0.244 e. The van der Waals surface area contributed by atoms with Crippen LogP contribution in [-0.4, -0.2) is 50.0 Å². The molecule has 10 heteroatoms. The van der Waals surface area contributed by atoms with Crippen molar-refractivity contribution < 1.29 is 18.0 Å². The molecular weight excluding hydrogens is 497 g/mol. The lowest BCUT2D eigenvalue weighted by atomic mass is 10.1. The Labute approximate surface area is 212 Å². The molecule has 0 aliphatic carbocycles. The summed E-state index contributed by atoms with van der Waals surface area (Å²) < 4.78 is 26.2. The van der Waals surface area contributed by atoms with Crippen LogP contribution in [0.2, 0.25) is 10.0 Å². The third kappa shape index (κ3) is 7.35. The number of benzene rings is 2. The lowest BCUT2D eigenvalue weighted by Gasteiger charge is -2.32. The summed E-state index contributed by atoms with van der Waals surface area (Å²) in [5, 5.41) is 3.33. The van der Waals surface area contributed by atoms with Crippen LogP contribution in [0.25, 0.3) is 0 Å². The number of aryl methyl sites for hydroxylation is 1. The van der Waals surface area contributed by atoms with Crippen LogP contribution in [0.1, 0.15) is 38.3 Å². The van der Waals surface area contributed by atoms with E-state index in [1.165, 1.54) is 23.1 Å². The van der Waals surface area contributed by atoms with Gasteiger partial charge in [0, 0.05) is 17.6 Å². The molecule has 2 aromatic carbocycles. The Morgan fingerprint density at radius 1 is 1.09 bits per heavy atom. The van der Waals surface area contributed by atoms with Gasteiger partial charge in [-0.1, -0.05) is 54.4 Å². The SMILES string of the molecule is CC[C@@H](C)NC(=O)[C@H](C)N(Cc1ccccc1C)C(=O)CN(c1ccc(Cl)cc1Cl)S(C)(=O)=O. The van der Waals surface area contributed by atoms with Crippen LogP contribution in [0.3, 0.4) is 0 Å². The molecule has 0 aromatic heterocycles. The molecule has 0 fully saturated rings. The summed E-state index contributed by atoms with van der Waals surface area (Å²) >= 11 is 12.2. The molecule has 0 bridgehead atoms. The number of anilines is 1. The highest BCUT2D eigenvalue weighted by Gasteiger charge is 2.31. The molecule has 2 rings (SSSR count). The molecule has 2 amide bonds. The van der Waals surface area contributed by atoms with Crippen LogP contribution < -0.4 is 9.62 Å². The highest BCUT2D eigenvalue weighted by Crippen LogP contribution is 2.30. The predicted molar refractivity (Wildman–Crippen MR) is 138 cm³/mol. The van der Waals surface area contributed by atoms with Crippen LogP contribution in [0.15, 0.2) is 42.5 Å². The van der Waals surface area contributed by atoms with E-state index >= 15 is 0 Å². The normalized spacial score (nSPS) is 13.1. The van der Waals surface area contributed by atoms with Gasteiger partial charge in [0.2, 0.25) is 21.8 Å². The Morgan fingerprint density at radius 2 is 1.74 bits per heavy atom. The van der Waals surface area contributed by atoms with Crippen LogP contribution in [0, 0.1) is 6.92 Å². The lowest BCUT2D eigenvalue weighted by molar-refractivity contribution is -0.139. The van der Waals surface area contributed by atoms with Gasteiger partial charge in [-0.25, -0.2) is 8.42 Å². The number of nitrogens with zero attached hydrogens (tertiary/aromatic N) is 2. The van der Waals surface area contributed by atoms with Gasteiger partial charge in [-0.05, 0) is 56.5 Å². The summed E-state index contributed by atoms with van der Waals surface area (Å²) in [7, 11) is -3.87. The average molecular weight is 529 g/mol. The molecule has 7 nitrogen and oxygen atoms in total. The standard InChI is InChI=1S/C24H31Cl2N3O4S/c1-6-17(3)27-24(31)18(4)28(14-19-10-8-7-9-16(19)2)23(30)15-29(34(5,32)33)22-12-11-20(25)13-21(22)26/h7-13,17-18H,6,14-15H2,1-5H3,(H,27,31)/t17-,18+/m1/s1. The molecule has 0 saturated heterocycles. The second kappa shape index (κ2) is 11.9. The Balaban J connectivity index is 2.43. The molecule has 0 aliphatic heterocycles. The van der Waals surface area contributed by atoms with Crippen LogP contribution in [-0.2, 0) is 26.2 Å². The first kappa shape index (κ1) is 28.0. The maximum Gasteiger partial charge on any atom is 0.244 e. The second-order valence-corrected chi connectivity index (χ2v) is 11.1. The molecule has 0 aliphatic rings. The topological polar surface area (TPSA) is 86.8 Å². The fourth-order valence-corrected chi connectivity index (χ4v) is 4.72. The number of carbonyl (C=O) groups is 2. The van der Waals surface area contributed by atoms with Crippen molar-refractivity contribution in [1.29, 1.82) is 0 Å². The molecule has 2 aromatic rings. The largest absolute Gasteiger partial charge is 0.352 e. The number of carbonyl (C=O) groups excluding carboxylic acids is 2. The van der Waals surface area contributed by atoms with Gasteiger partial charge in [0.1, 0.15) is 12.6 Å². The zero-order chi connectivity index (χ0) is 25.6. The Hall–Kier alpha value is -2.29. The number of sulfonamides is 1. The van der Waals surface area contributed by atoms with Gasteiger partial charge in [-0.15, -0.1) is 0 Å². The third-order valence-corrected chi connectivity index (χ3v) is 7.29. The Kier molecular flexibility index (Phi) is 9.79. The first-order chi connectivity index (χ1) is 15.8. The highest BCUT2D eigenvalue weighted by molar-refractivity contribution is 7.92. The van der Waals surface area contributed by atoms with Gasteiger partial charge >= 0.3 is 0 Å². The van der Waals surface area contributed by atoms with E-state index < -0.39 is 28.5 Å². The fourth-order valence-electron chi connectivity index (χ4n) is 3.30. The summed E-state index contributed by atoms with van der Waals surface area (Å²) in [6.07, 6.45) is 1.73. The zero-order valence-corrected chi connectivity index (χ0v) is 22.3. The summed E-state index contributed by atoms with van der Waals surface area (Å²) in [4.78, 5) is 27.8. The number of nitrogens with one attached hydrogen (secondary N) is 1. The van der Waals surface area contributed by atoms with Crippen molar-refractivity contribution in [1.82, 2.24) is 10.2 Å². The molecule has 0 saturated carbocycles. The molecule has 0 radical (unpaired) electrons. The van der Waals surface area contributed by atoms with Crippen molar-refractivity contribution in [3.8, 4) is 0 Å². The van der Waals surface area contributed by atoms with Crippen molar-refractivity contribution in [3.63, 3.8) is 0 Å². The number of halogens is 2. The first-order valence-corrected chi connectivity index (χ1v) is 13.5. The Morgan fingerprint density at radius 3 is 2.29 bits per heavy atom. The average Bonchev–Trinajstić information content (AvgIpc) is 2.76. The van der Waals surface area contributed by atoms with Gasteiger partial charge in [0.15, 0.2) is 0 Å². The molecule has 186 valence electrons. The van der Waals surface area contributed by atoms with Gasteiger partial charge in [-0.3, -0.25) is 13.9 Å². The van der Waals surface area contributed by atoms with Crippen LogP contribution >= 0.6 is 23.2 Å². The monoisotopic (exact) mass is 527 g/mol.